The predicted octanol–water partition coefficient (Wildman–Crippen LogP) is 3.57. The number of piperidine rings is 1. The molecule has 0 aliphatic carbocycles. The number of fused-ring (bicyclic) bond motifs is 3. The molecule has 2 heterocycles. The summed E-state index contributed by atoms with van der Waals surface area (Å²) in [6.45, 7) is 10.7. The Labute approximate surface area is 134 Å². The number of hydrogen-bond acceptors (Lipinski definition) is 2. The summed E-state index contributed by atoms with van der Waals surface area (Å²) >= 11 is 0. The maximum atomic E-state index is 13.0. The standard InChI is InChI=1S/C19H28N2O/c1-13-6-7-16-14(10-13)15-12-20(5)9-8-17(15)21(16)18(22)11-19(2,3)4/h6-7,10,15,17H,8-9,11-12H2,1-5H3/t15-,17-/m1/s1. The highest BCUT2D eigenvalue weighted by Crippen LogP contribution is 2.45. The molecule has 0 N–H and O–H groups in total. The molecule has 0 saturated carbocycles. The molecule has 3 rings (SSSR count). The summed E-state index contributed by atoms with van der Waals surface area (Å²) in [6, 6.07) is 6.93. The SMILES string of the molecule is Cc1ccc2c(c1)[C@H]1CN(C)CC[C@H]1N2C(=O)CC(C)(C)C. The first kappa shape index (κ1) is 15.5. The molecule has 3 nitrogen and oxygen atoms in total. The van der Waals surface area contributed by atoms with E-state index in [0.29, 0.717) is 18.4 Å². The zero-order valence-electron chi connectivity index (χ0n) is 14.5. The number of nitrogens with zero attached hydrogens (tertiary/aromatic N) is 2. The van der Waals surface area contributed by atoms with Crippen molar-refractivity contribution in [3.8, 4) is 0 Å². The van der Waals surface area contributed by atoms with Crippen LogP contribution in [0.2, 0.25) is 0 Å². The smallest absolute Gasteiger partial charge is 0.227 e. The summed E-state index contributed by atoms with van der Waals surface area (Å²) in [6.07, 6.45) is 1.68. The summed E-state index contributed by atoms with van der Waals surface area (Å²) in [5.74, 6) is 0.757. The molecule has 1 aromatic rings. The van der Waals surface area contributed by atoms with E-state index >= 15 is 0 Å². The predicted molar refractivity (Wildman–Crippen MR) is 91.4 cm³/mol. The molecule has 3 heteroatoms. The molecule has 120 valence electrons. The van der Waals surface area contributed by atoms with Crippen molar-refractivity contribution in [3.63, 3.8) is 0 Å². The molecular formula is C19H28N2O. The van der Waals surface area contributed by atoms with Crippen LogP contribution in [-0.4, -0.2) is 37.0 Å². The normalized spacial score (nSPS) is 25.0. The van der Waals surface area contributed by atoms with Gasteiger partial charge in [-0.25, -0.2) is 0 Å². The van der Waals surface area contributed by atoms with Crippen LogP contribution < -0.4 is 4.90 Å². The molecule has 0 spiro atoms. The molecule has 0 radical (unpaired) electrons. The Balaban J connectivity index is 1.98. The quantitative estimate of drug-likeness (QED) is 0.791. The molecule has 2 aliphatic heterocycles. The van der Waals surface area contributed by atoms with Gasteiger partial charge in [0, 0.05) is 30.6 Å². The van der Waals surface area contributed by atoms with Crippen molar-refractivity contribution in [2.45, 2.75) is 52.5 Å². The fourth-order valence-corrected chi connectivity index (χ4v) is 3.94. The maximum Gasteiger partial charge on any atom is 0.227 e. The van der Waals surface area contributed by atoms with Crippen LogP contribution in [0.3, 0.4) is 0 Å². The van der Waals surface area contributed by atoms with Gasteiger partial charge in [-0.15, -0.1) is 0 Å². The first-order valence-corrected chi connectivity index (χ1v) is 8.37. The fraction of sp³-hybridized carbons (Fsp3) is 0.632. The number of amides is 1. The van der Waals surface area contributed by atoms with E-state index in [2.05, 4.69) is 62.7 Å². The molecule has 22 heavy (non-hydrogen) atoms. The number of likely N-dealkylation sites (N-methyl/N-ethyl adjacent to an activating group) is 1. The minimum Gasteiger partial charge on any atom is -0.308 e. The largest absolute Gasteiger partial charge is 0.308 e. The van der Waals surface area contributed by atoms with Crippen molar-refractivity contribution in [1.82, 2.24) is 4.90 Å². The molecule has 1 aromatic carbocycles. The van der Waals surface area contributed by atoms with Crippen LogP contribution >= 0.6 is 0 Å². The average molecular weight is 300 g/mol. The number of carbonyl (C=O) groups is 1. The van der Waals surface area contributed by atoms with E-state index in [1.165, 1.54) is 11.1 Å². The van der Waals surface area contributed by atoms with Crippen LogP contribution in [0.1, 0.15) is 50.7 Å². The van der Waals surface area contributed by atoms with Crippen molar-refractivity contribution in [3.05, 3.63) is 29.3 Å². The van der Waals surface area contributed by atoms with Gasteiger partial charge in [0.1, 0.15) is 0 Å². The van der Waals surface area contributed by atoms with E-state index in [0.717, 1.165) is 25.2 Å². The number of benzene rings is 1. The van der Waals surface area contributed by atoms with E-state index in [1.807, 2.05) is 0 Å². The number of anilines is 1. The summed E-state index contributed by atoms with van der Waals surface area (Å²) in [5, 5.41) is 0. The molecule has 2 atom stereocenters. The highest BCUT2D eigenvalue weighted by molar-refractivity contribution is 5.97. The van der Waals surface area contributed by atoms with Crippen molar-refractivity contribution in [2.24, 2.45) is 5.41 Å². The van der Waals surface area contributed by atoms with Gasteiger partial charge in [-0.1, -0.05) is 38.5 Å². The summed E-state index contributed by atoms with van der Waals surface area (Å²) in [7, 11) is 2.19. The van der Waals surface area contributed by atoms with E-state index in [1.54, 1.807) is 0 Å². The minimum atomic E-state index is 0.0332. The van der Waals surface area contributed by atoms with Crippen LogP contribution in [0.25, 0.3) is 0 Å². The molecule has 0 unspecified atom stereocenters. The van der Waals surface area contributed by atoms with Gasteiger partial charge in [-0.3, -0.25) is 4.79 Å². The Hall–Kier alpha value is -1.35. The van der Waals surface area contributed by atoms with Crippen molar-refractivity contribution >= 4 is 11.6 Å². The van der Waals surface area contributed by atoms with E-state index in [9.17, 15) is 4.79 Å². The van der Waals surface area contributed by atoms with Crippen molar-refractivity contribution in [2.75, 3.05) is 25.0 Å². The van der Waals surface area contributed by atoms with Gasteiger partial charge >= 0.3 is 0 Å². The van der Waals surface area contributed by atoms with Crippen LogP contribution in [0.5, 0.6) is 0 Å². The third-order valence-corrected chi connectivity index (χ3v) is 4.90. The van der Waals surface area contributed by atoms with Gasteiger partial charge in [-0.2, -0.15) is 0 Å². The maximum absolute atomic E-state index is 13.0. The Morgan fingerprint density at radius 1 is 1.32 bits per heavy atom. The van der Waals surface area contributed by atoms with E-state index in [4.69, 9.17) is 0 Å². The van der Waals surface area contributed by atoms with Gasteiger partial charge < -0.3 is 9.80 Å². The first-order valence-electron chi connectivity index (χ1n) is 8.37. The highest BCUT2D eigenvalue weighted by Gasteiger charge is 2.44. The lowest BCUT2D eigenvalue weighted by Crippen LogP contribution is -2.47. The first-order chi connectivity index (χ1) is 10.3. The lowest BCUT2D eigenvalue weighted by atomic mass is 9.88. The van der Waals surface area contributed by atoms with Crippen molar-refractivity contribution < 1.29 is 4.79 Å². The zero-order valence-corrected chi connectivity index (χ0v) is 14.5. The Morgan fingerprint density at radius 2 is 2.05 bits per heavy atom. The van der Waals surface area contributed by atoms with Crippen LogP contribution in [0.4, 0.5) is 5.69 Å². The molecule has 1 amide bonds. The van der Waals surface area contributed by atoms with Gasteiger partial charge in [-0.05, 0) is 44.0 Å². The summed E-state index contributed by atoms with van der Waals surface area (Å²) in [4.78, 5) is 17.5. The van der Waals surface area contributed by atoms with E-state index < -0.39 is 0 Å². The number of rotatable bonds is 1. The summed E-state index contributed by atoms with van der Waals surface area (Å²) in [5.41, 5.74) is 3.85. The lowest BCUT2D eigenvalue weighted by molar-refractivity contribution is -0.120. The zero-order chi connectivity index (χ0) is 16.1. The monoisotopic (exact) mass is 300 g/mol. The molecule has 1 saturated heterocycles. The van der Waals surface area contributed by atoms with Gasteiger partial charge in [0.05, 0.1) is 0 Å². The van der Waals surface area contributed by atoms with Gasteiger partial charge in [0.15, 0.2) is 0 Å². The third kappa shape index (κ3) is 2.79. The Kier molecular flexibility index (Phi) is 3.80. The second-order valence-electron chi connectivity index (χ2n) is 8.29. The Morgan fingerprint density at radius 3 is 2.73 bits per heavy atom. The number of aryl methyl sites for hydroxylation is 1. The number of likely N-dealkylation sites (tertiary alicyclic amines) is 1. The topological polar surface area (TPSA) is 23.6 Å². The third-order valence-electron chi connectivity index (χ3n) is 4.90. The van der Waals surface area contributed by atoms with Crippen LogP contribution in [0, 0.1) is 12.3 Å². The molecule has 1 fully saturated rings. The van der Waals surface area contributed by atoms with Gasteiger partial charge in [0.25, 0.3) is 0 Å². The minimum absolute atomic E-state index is 0.0332. The highest BCUT2D eigenvalue weighted by atomic mass is 16.2. The van der Waals surface area contributed by atoms with Crippen LogP contribution in [-0.2, 0) is 4.79 Å². The number of carbonyl (C=O) groups excluding carboxylic acids is 1. The molecule has 0 aromatic heterocycles. The summed E-state index contributed by atoms with van der Waals surface area (Å²) < 4.78 is 0. The molecule has 0 bridgehead atoms. The van der Waals surface area contributed by atoms with E-state index in [-0.39, 0.29) is 11.3 Å². The molecule has 2 aliphatic rings. The lowest BCUT2D eigenvalue weighted by Gasteiger charge is -2.37. The fourth-order valence-electron chi connectivity index (χ4n) is 3.94. The second-order valence-corrected chi connectivity index (χ2v) is 8.29. The average Bonchev–Trinajstić information content (AvgIpc) is 2.70. The second kappa shape index (κ2) is 5.38. The molecular weight excluding hydrogens is 272 g/mol. The van der Waals surface area contributed by atoms with Crippen LogP contribution in [0.15, 0.2) is 18.2 Å². The Bertz CT molecular complexity index is 588. The van der Waals surface area contributed by atoms with Gasteiger partial charge in [0.2, 0.25) is 5.91 Å². The number of hydrogen-bond donors (Lipinski definition) is 0. The van der Waals surface area contributed by atoms with Crippen molar-refractivity contribution in [1.29, 1.82) is 0 Å².